The Hall–Kier alpha value is -3.06. The number of imide groups is 1. The van der Waals surface area contributed by atoms with Gasteiger partial charge in [-0.15, -0.1) is 0 Å². The Morgan fingerprint density at radius 2 is 1.62 bits per heavy atom. The standard InChI is InChI=1S/C22H29N3O4/c1-4-25(15-17-10-8-7-9-11-17)16-21(26)24-22(27)23-18-12-13-19(28-5-2)20(14-18)29-6-3/h7-14H,4-6,15-16H2,1-3H3,(H2,23,24,26,27)/p+1. The fraction of sp³-hybridized carbons (Fsp3) is 0.364. The van der Waals surface area contributed by atoms with Gasteiger partial charge in [0.15, 0.2) is 18.0 Å². The lowest BCUT2D eigenvalue weighted by atomic mass is 10.2. The predicted molar refractivity (Wildman–Crippen MR) is 112 cm³/mol. The highest BCUT2D eigenvalue weighted by Gasteiger charge is 2.16. The summed E-state index contributed by atoms with van der Waals surface area (Å²) in [5.41, 5.74) is 1.67. The number of rotatable bonds is 10. The van der Waals surface area contributed by atoms with Crippen LogP contribution < -0.4 is 25.0 Å². The van der Waals surface area contributed by atoms with E-state index in [0.717, 1.165) is 23.6 Å². The molecule has 7 nitrogen and oxygen atoms in total. The lowest BCUT2D eigenvalue weighted by Crippen LogP contribution is -3.11. The molecule has 0 saturated carbocycles. The van der Waals surface area contributed by atoms with Crippen LogP contribution in [0, 0.1) is 0 Å². The number of likely N-dealkylation sites (N-methyl/N-ethyl adjacent to an activating group) is 1. The summed E-state index contributed by atoms with van der Waals surface area (Å²) in [5, 5.41) is 5.05. The van der Waals surface area contributed by atoms with Crippen molar-refractivity contribution in [2.45, 2.75) is 27.3 Å². The van der Waals surface area contributed by atoms with Crippen LogP contribution in [-0.2, 0) is 11.3 Å². The van der Waals surface area contributed by atoms with Crippen LogP contribution in [0.25, 0.3) is 0 Å². The summed E-state index contributed by atoms with van der Waals surface area (Å²) in [6.07, 6.45) is 0. The number of quaternary nitrogens is 1. The minimum absolute atomic E-state index is 0.215. The Morgan fingerprint density at radius 3 is 2.28 bits per heavy atom. The molecule has 29 heavy (non-hydrogen) atoms. The Balaban J connectivity index is 1.90. The lowest BCUT2D eigenvalue weighted by Gasteiger charge is -2.17. The maximum atomic E-state index is 12.3. The zero-order valence-corrected chi connectivity index (χ0v) is 17.3. The van der Waals surface area contributed by atoms with Crippen molar-refractivity contribution in [3.8, 4) is 11.5 Å². The summed E-state index contributed by atoms with van der Waals surface area (Å²) in [5.74, 6) is 0.827. The molecule has 0 fully saturated rings. The highest BCUT2D eigenvalue weighted by Crippen LogP contribution is 2.30. The molecule has 0 aliphatic carbocycles. The van der Waals surface area contributed by atoms with Crippen LogP contribution in [0.3, 0.4) is 0 Å². The molecule has 2 rings (SSSR count). The molecule has 0 radical (unpaired) electrons. The van der Waals surface area contributed by atoms with Crippen LogP contribution in [0.2, 0.25) is 0 Å². The second-order valence-electron chi connectivity index (χ2n) is 6.47. The molecule has 0 aliphatic rings. The number of anilines is 1. The first kappa shape index (κ1) is 22.2. The first-order chi connectivity index (χ1) is 14.0. The van der Waals surface area contributed by atoms with Gasteiger partial charge in [0.05, 0.1) is 19.8 Å². The van der Waals surface area contributed by atoms with E-state index in [1.807, 2.05) is 51.1 Å². The van der Waals surface area contributed by atoms with E-state index in [-0.39, 0.29) is 12.5 Å². The Morgan fingerprint density at radius 1 is 0.931 bits per heavy atom. The third-order valence-corrected chi connectivity index (χ3v) is 4.26. The van der Waals surface area contributed by atoms with E-state index >= 15 is 0 Å². The number of hydrogen-bond acceptors (Lipinski definition) is 4. The topological polar surface area (TPSA) is 81.1 Å². The molecule has 3 N–H and O–H groups in total. The molecule has 1 unspecified atom stereocenters. The van der Waals surface area contributed by atoms with Gasteiger partial charge >= 0.3 is 6.03 Å². The molecule has 156 valence electrons. The van der Waals surface area contributed by atoms with E-state index in [1.165, 1.54) is 0 Å². The van der Waals surface area contributed by atoms with E-state index in [9.17, 15) is 9.59 Å². The van der Waals surface area contributed by atoms with E-state index in [1.54, 1.807) is 18.2 Å². The normalized spacial score (nSPS) is 11.4. The number of nitrogens with one attached hydrogen (secondary N) is 3. The van der Waals surface area contributed by atoms with Crippen LogP contribution >= 0.6 is 0 Å². The molecule has 0 bridgehead atoms. The summed E-state index contributed by atoms with van der Waals surface area (Å²) in [4.78, 5) is 25.6. The summed E-state index contributed by atoms with van der Waals surface area (Å²) >= 11 is 0. The zero-order chi connectivity index (χ0) is 21.1. The van der Waals surface area contributed by atoms with Crippen LogP contribution in [0.1, 0.15) is 26.3 Å². The molecule has 1 atom stereocenters. The summed E-state index contributed by atoms with van der Waals surface area (Å²) in [6.45, 7) is 8.49. The largest absolute Gasteiger partial charge is 0.490 e. The van der Waals surface area contributed by atoms with Crippen molar-refractivity contribution in [3.05, 3.63) is 54.1 Å². The Kier molecular flexibility index (Phi) is 8.98. The zero-order valence-electron chi connectivity index (χ0n) is 17.3. The summed E-state index contributed by atoms with van der Waals surface area (Å²) in [6, 6.07) is 14.5. The summed E-state index contributed by atoms with van der Waals surface area (Å²) in [7, 11) is 0. The molecule has 7 heteroatoms. The van der Waals surface area contributed by atoms with Crippen LogP contribution in [0.5, 0.6) is 11.5 Å². The quantitative estimate of drug-likeness (QED) is 0.571. The second-order valence-corrected chi connectivity index (χ2v) is 6.47. The van der Waals surface area contributed by atoms with Gasteiger partial charge in [-0.25, -0.2) is 4.79 Å². The van der Waals surface area contributed by atoms with Gasteiger partial charge in [0.2, 0.25) is 0 Å². The van der Waals surface area contributed by atoms with Gasteiger partial charge in [-0.05, 0) is 32.9 Å². The molecular formula is C22H30N3O4+. The van der Waals surface area contributed by atoms with Crippen LogP contribution in [0.4, 0.5) is 10.5 Å². The molecule has 2 aromatic carbocycles. The number of hydrogen-bond donors (Lipinski definition) is 3. The molecule has 0 aliphatic heterocycles. The number of amides is 3. The number of benzene rings is 2. The third kappa shape index (κ3) is 7.46. The van der Waals surface area contributed by atoms with Crippen molar-refractivity contribution in [2.75, 3.05) is 31.6 Å². The molecule has 0 spiro atoms. The van der Waals surface area contributed by atoms with E-state index < -0.39 is 6.03 Å². The van der Waals surface area contributed by atoms with Crippen LogP contribution in [-0.4, -0.2) is 38.2 Å². The van der Waals surface area contributed by atoms with Gasteiger partial charge in [0.1, 0.15) is 6.54 Å². The van der Waals surface area contributed by atoms with Crippen molar-refractivity contribution in [1.29, 1.82) is 0 Å². The van der Waals surface area contributed by atoms with Gasteiger partial charge in [-0.1, -0.05) is 30.3 Å². The number of ether oxygens (including phenoxy) is 2. The van der Waals surface area contributed by atoms with Gasteiger partial charge in [-0.3, -0.25) is 10.1 Å². The predicted octanol–water partition coefficient (Wildman–Crippen LogP) is 2.24. The molecular weight excluding hydrogens is 370 g/mol. The first-order valence-electron chi connectivity index (χ1n) is 9.93. The Labute approximate surface area is 172 Å². The third-order valence-electron chi connectivity index (χ3n) is 4.26. The highest BCUT2D eigenvalue weighted by molar-refractivity contribution is 6.01. The number of carbonyl (C=O) groups excluding carboxylic acids is 2. The van der Waals surface area contributed by atoms with Crippen molar-refractivity contribution in [1.82, 2.24) is 5.32 Å². The van der Waals surface area contributed by atoms with Crippen molar-refractivity contribution in [2.24, 2.45) is 0 Å². The number of urea groups is 1. The first-order valence-corrected chi connectivity index (χ1v) is 9.93. The van der Waals surface area contributed by atoms with E-state index in [2.05, 4.69) is 10.6 Å². The average Bonchev–Trinajstić information content (AvgIpc) is 2.70. The second kappa shape index (κ2) is 11.7. The Bertz CT molecular complexity index is 796. The van der Waals surface area contributed by atoms with E-state index in [4.69, 9.17) is 9.47 Å². The smallest absolute Gasteiger partial charge is 0.326 e. The van der Waals surface area contributed by atoms with E-state index in [0.29, 0.717) is 30.4 Å². The van der Waals surface area contributed by atoms with Gasteiger partial charge in [0.25, 0.3) is 5.91 Å². The maximum Gasteiger partial charge on any atom is 0.326 e. The monoisotopic (exact) mass is 400 g/mol. The van der Waals surface area contributed by atoms with Gasteiger partial charge < -0.3 is 19.7 Å². The minimum atomic E-state index is -0.572. The van der Waals surface area contributed by atoms with Gasteiger partial charge in [-0.2, -0.15) is 0 Å². The molecule has 3 amide bonds. The molecule has 0 saturated heterocycles. The van der Waals surface area contributed by atoms with Crippen LogP contribution in [0.15, 0.2) is 48.5 Å². The van der Waals surface area contributed by atoms with Crippen molar-refractivity contribution >= 4 is 17.6 Å². The molecule has 2 aromatic rings. The molecule has 0 aromatic heterocycles. The highest BCUT2D eigenvalue weighted by atomic mass is 16.5. The number of carbonyl (C=O) groups is 2. The average molecular weight is 400 g/mol. The maximum absolute atomic E-state index is 12.3. The lowest BCUT2D eigenvalue weighted by molar-refractivity contribution is -0.904. The van der Waals surface area contributed by atoms with Gasteiger partial charge in [0, 0.05) is 17.3 Å². The van der Waals surface area contributed by atoms with Crippen molar-refractivity contribution in [3.63, 3.8) is 0 Å². The SMILES string of the molecule is CCOc1ccc(NC(=O)NC(=O)C[NH+](CC)Cc2ccccc2)cc1OCC. The molecule has 0 heterocycles. The fourth-order valence-electron chi connectivity index (χ4n) is 2.89. The van der Waals surface area contributed by atoms with Crippen molar-refractivity contribution < 1.29 is 24.0 Å². The minimum Gasteiger partial charge on any atom is -0.490 e. The fourth-order valence-corrected chi connectivity index (χ4v) is 2.89. The summed E-state index contributed by atoms with van der Waals surface area (Å²) < 4.78 is 11.1.